The van der Waals surface area contributed by atoms with Crippen LogP contribution in [0.25, 0.3) is 0 Å². The van der Waals surface area contributed by atoms with E-state index in [9.17, 15) is 9.59 Å². The number of piperazine rings is 1. The van der Waals surface area contributed by atoms with E-state index in [2.05, 4.69) is 15.5 Å². The third-order valence-electron chi connectivity index (χ3n) is 4.04. The van der Waals surface area contributed by atoms with Crippen molar-refractivity contribution in [2.24, 2.45) is 0 Å². The second-order valence-corrected chi connectivity index (χ2v) is 6.26. The van der Waals surface area contributed by atoms with Gasteiger partial charge in [-0.2, -0.15) is 4.98 Å². The third-order valence-corrected chi connectivity index (χ3v) is 4.04. The van der Waals surface area contributed by atoms with E-state index in [1.165, 1.54) is 0 Å². The maximum absolute atomic E-state index is 12.3. The van der Waals surface area contributed by atoms with Crippen LogP contribution in [0.3, 0.4) is 0 Å². The minimum atomic E-state index is -0.392. The maximum atomic E-state index is 12.3. The van der Waals surface area contributed by atoms with Gasteiger partial charge in [0.25, 0.3) is 0 Å². The zero-order valence-electron chi connectivity index (χ0n) is 14.2. The van der Waals surface area contributed by atoms with E-state index in [-0.39, 0.29) is 24.2 Å². The Labute approximate surface area is 136 Å². The molecule has 0 unspecified atom stereocenters. The van der Waals surface area contributed by atoms with Gasteiger partial charge in [0, 0.05) is 39.0 Å². The smallest absolute Gasteiger partial charge is 0.237 e. The van der Waals surface area contributed by atoms with Crippen LogP contribution >= 0.6 is 0 Å². The van der Waals surface area contributed by atoms with Gasteiger partial charge in [0.05, 0.1) is 12.5 Å². The van der Waals surface area contributed by atoms with Crippen molar-refractivity contribution in [3.05, 3.63) is 11.7 Å². The average Bonchev–Trinajstić information content (AvgIpc) is 2.97. The molecule has 2 heterocycles. The average molecular weight is 323 g/mol. The van der Waals surface area contributed by atoms with Gasteiger partial charge in [0.1, 0.15) is 0 Å². The number of hydrogen-bond donors (Lipinski definition) is 1. The number of hydrogen-bond acceptors (Lipinski definition) is 6. The van der Waals surface area contributed by atoms with Crippen molar-refractivity contribution < 1.29 is 14.1 Å². The van der Waals surface area contributed by atoms with Gasteiger partial charge in [-0.1, -0.05) is 19.0 Å². The van der Waals surface area contributed by atoms with Crippen molar-refractivity contribution in [3.63, 3.8) is 0 Å². The second kappa shape index (κ2) is 7.54. The summed E-state index contributed by atoms with van der Waals surface area (Å²) in [6.45, 7) is 5.85. The standard InChI is InChI=1S/C15H25N5O3/c1-10(2)15-17-12(18-23-15)5-7-20(4)13(21)9-11-14(22)16-6-8-19(11)3/h10-11H,5-9H2,1-4H3,(H,16,22)/t11-/m1/s1. The number of rotatable bonds is 6. The molecule has 23 heavy (non-hydrogen) atoms. The normalized spacial score (nSPS) is 19.0. The molecular formula is C15H25N5O3. The first-order valence-corrected chi connectivity index (χ1v) is 7.93. The summed E-state index contributed by atoms with van der Waals surface area (Å²) in [7, 11) is 3.59. The van der Waals surface area contributed by atoms with Crippen LogP contribution in [-0.2, 0) is 16.0 Å². The fraction of sp³-hybridized carbons (Fsp3) is 0.733. The van der Waals surface area contributed by atoms with Gasteiger partial charge >= 0.3 is 0 Å². The highest BCUT2D eigenvalue weighted by Gasteiger charge is 2.30. The first-order valence-electron chi connectivity index (χ1n) is 7.93. The van der Waals surface area contributed by atoms with Gasteiger partial charge < -0.3 is 14.7 Å². The molecule has 8 nitrogen and oxygen atoms in total. The molecule has 0 aliphatic carbocycles. The maximum Gasteiger partial charge on any atom is 0.237 e. The first-order chi connectivity index (χ1) is 10.9. The van der Waals surface area contributed by atoms with Crippen molar-refractivity contribution in [2.45, 2.75) is 38.6 Å². The molecule has 0 radical (unpaired) electrons. The van der Waals surface area contributed by atoms with E-state index >= 15 is 0 Å². The quantitative estimate of drug-likeness (QED) is 0.793. The fourth-order valence-electron chi connectivity index (χ4n) is 2.39. The topological polar surface area (TPSA) is 91.6 Å². The van der Waals surface area contributed by atoms with E-state index in [1.54, 1.807) is 11.9 Å². The lowest BCUT2D eigenvalue weighted by Gasteiger charge is -2.32. The number of likely N-dealkylation sites (N-methyl/N-ethyl adjacent to an activating group) is 2. The SMILES string of the molecule is CC(C)c1nc(CCN(C)C(=O)C[C@@H]2C(=O)NCCN2C)no1. The van der Waals surface area contributed by atoms with Gasteiger partial charge in [0.15, 0.2) is 5.82 Å². The lowest BCUT2D eigenvalue weighted by molar-refractivity contribution is -0.137. The van der Waals surface area contributed by atoms with E-state index < -0.39 is 6.04 Å². The predicted octanol–water partition coefficient (Wildman–Crippen LogP) is 0.0142. The molecule has 1 aliphatic rings. The largest absolute Gasteiger partial charge is 0.353 e. The highest BCUT2D eigenvalue weighted by molar-refractivity contribution is 5.88. The summed E-state index contributed by atoms with van der Waals surface area (Å²) >= 11 is 0. The van der Waals surface area contributed by atoms with E-state index in [4.69, 9.17) is 4.52 Å². The Morgan fingerprint density at radius 1 is 1.52 bits per heavy atom. The molecule has 0 spiro atoms. The van der Waals surface area contributed by atoms with Crippen LogP contribution in [0.1, 0.15) is 37.9 Å². The van der Waals surface area contributed by atoms with Crippen LogP contribution in [0.2, 0.25) is 0 Å². The van der Waals surface area contributed by atoms with Gasteiger partial charge in [-0.3, -0.25) is 14.5 Å². The van der Waals surface area contributed by atoms with Gasteiger partial charge in [0.2, 0.25) is 17.7 Å². The van der Waals surface area contributed by atoms with Crippen LogP contribution in [0.4, 0.5) is 0 Å². The molecule has 1 fully saturated rings. The highest BCUT2D eigenvalue weighted by atomic mass is 16.5. The van der Waals surface area contributed by atoms with Gasteiger partial charge in [-0.15, -0.1) is 0 Å². The van der Waals surface area contributed by atoms with Crippen LogP contribution < -0.4 is 5.32 Å². The molecule has 1 saturated heterocycles. The Hall–Kier alpha value is -1.96. The summed E-state index contributed by atoms with van der Waals surface area (Å²) in [5, 5.41) is 6.71. The lowest BCUT2D eigenvalue weighted by atomic mass is 10.1. The molecule has 1 aliphatic heterocycles. The lowest BCUT2D eigenvalue weighted by Crippen LogP contribution is -2.55. The summed E-state index contributed by atoms with van der Waals surface area (Å²) in [6, 6.07) is -0.392. The Morgan fingerprint density at radius 2 is 2.26 bits per heavy atom. The molecule has 0 bridgehead atoms. The van der Waals surface area contributed by atoms with Crippen molar-refractivity contribution in [1.82, 2.24) is 25.3 Å². The molecule has 128 valence electrons. The Balaban J connectivity index is 1.83. The monoisotopic (exact) mass is 323 g/mol. The van der Waals surface area contributed by atoms with Crippen molar-refractivity contribution in [2.75, 3.05) is 33.7 Å². The van der Waals surface area contributed by atoms with Crippen molar-refractivity contribution >= 4 is 11.8 Å². The predicted molar refractivity (Wildman–Crippen MR) is 83.8 cm³/mol. The van der Waals surface area contributed by atoms with Crippen LogP contribution in [-0.4, -0.2) is 71.5 Å². The van der Waals surface area contributed by atoms with Crippen LogP contribution in [0.5, 0.6) is 0 Å². The molecular weight excluding hydrogens is 298 g/mol. The molecule has 0 aromatic carbocycles. The fourth-order valence-corrected chi connectivity index (χ4v) is 2.39. The van der Waals surface area contributed by atoms with Crippen molar-refractivity contribution in [1.29, 1.82) is 0 Å². The Morgan fingerprint density at radius 3 is 2.87 bits per heavy atom. The number of carbonyl (C=O) groups is 2. The summed E-state index contributed by atoms with van der Waals surface area (Å²) in [6.07, 6.45) is 0.716. The summed E-state index contributed by atoms with van der Waals surface area (Å²) in [5.41, 5.74) is 0. The summed E-state index contributed by atoms with van der Waals surface area (Å²) < 4.78 is 5.14. The highest BCUT2D eigenvalue weighted by Crippen LogP contribution is 2.12. The Bertz CT molecular complexity index is 557. The minimum Gasteiger partial charge on any atom is -0.353 e. The van der Waals surface area contributed by atoms with Crippen molar-refractivity contribution in [3.8, 4) is 0 Å². The van der Waals surface area contributed by atoms with Crippen LogP contribution in [0.15, 0.2) is 4.52 Å². The van der Waals surface area contributed by atoms with E-state index in [1.807, 2.05) is 25.8 Å². The van der Waals surface area contributed by atoms with Gasteiger partial charge in [-0.05, 0) is 7.05 Å². The molecule has 1 N–H and O–H groups in total. The number of aromatic nitrogens is 2. The molecule has 1 atom stereocenters. The molecule has 1 aromatic heterocycles. The molecule has 8 heteroatoms. The summed E-state index contributed by atoms with van der Waals surface area (Å²) in [4.78, 5) is 32.0. The first kappa shape index (κ1) is 17.4. The molecule has 2 rings (SSSR count). The number of nitrogens with zero attached hydrogens (tertiary/aromatic N) is 4. The van der Waals surface area contributed by atoms with Crippen LogP contribution in [0, 0.1) is 0 Å². The van der Waals surface area contributed by atoms with Gasteiger partial charge in [-0.25, -0.2) is 0 Å². The minimum absolute atomic E-state index is 0.0634. The van der Waals surface area contributed by atoms with E-state index in [0.717, 1.165) is 6.54 Å². The number of amides is 2. The third kappa shape index (κ3) is 4.51. The zero-order chi connectivity index (χ0) is 17.0. The Kier molecular flexibility index (Phi) is 5.70. The molecule has 1 aromatic rings. The summed E-state index contributed by atoms with van der Waals surface area (Å²) in [5.74, 6) is 1.25. The zero-order valence-corrected chi connectivity index (χ0v) is 14.2. The van der Waals surface area contributed by atoms with E-state index in [0.29, 0.717) is 31.2 Å². The number of carbonyl (C=O) groups excluding carboxylic acids is 2. The molecule has 2 amide bonds. The number of nitrogens with one attached hydrogen (secondary N) is 1. The second-order valence-electron chi connectivity index (χ2n) is 6.26. The molecule has 0 saturated carbocycles.